The van der Waals surface area contributed by atoms with Crippen LogP contribution in [-0.2, 0) is 7.05 Å². The van der Waals surface area contributed by atoms with E-state index in [-0.39, 0.29) is 0 Å². The fourth-order valence-corrected chi connectivity index (χ4v) is 1.28. The minimum Gasteiger partial charge on any atom is -0.250 e. The summed E-state index contributed by atoms with van der Waals surface area (Å²) in [5, 5.41) is 5.02. The van der Waals surface area contributed by atoms with Gasteiger partial charge in [-0.1, -0.05) is 0 Å². The Morgan fingerprint density at radius 1 is 1.42 bits per heavy atom. The van der Waals surface area contributed by atoms with Crippen molar-refractivity contribution in [3.05, 3.63) is 23.8 Å². The molecular formula is C8H8FN3. The van der Waals surface area contributed by atoms with Crippen LogP contribution in [0.25, 0.3) is 11.0 Å². The topological polar surface area (TPSA) is 30.7 Å². The maximum atomic E-state index is 12.7. The van der Waals surface area contributed by atoms with Crippen molar-refractivity contribution in [1.29, 1.82) is 0 Å². The first-order valence-electron chi connectivity index (χ1n) is 3.64. The summed E-state index contributed by atoms with van der Waals surface area (Å²) in [6.45, 7) is 1.88. The predicted octanol–water partition coefficient (Wildman–Crippen LogP) is 1.42. The van der Waals surface area contributed by atoms with Gasteiger partial charge >= 0.3 is 0 Å². The highest BCUT2D eigenvalue weighted by molar-refractivity contribution is 5.77. The number of rotatable bonds is 0. The third-order valence-corrected chi connectivity index (χ3v) is 1.84. The van der Waals surface area contributed by atoms with E-state index in [0.29, 0.717) is 5.65 Å². The SMILES string of the molecule is Cc1nn(C)c2nc(F)ccc12. The number of hydrogen-bond donors (Lipinski definition) is 0. The molecule has 0 unspecified atom stereocenters. The molecule has 0 aromatic carbocycles. The smallest absolute Gasteiger partial charge is 0.214 e. The highest BCUT2D eigenvalue weighted by atomic mass is 19.1. The largest absolute Gasteiger partial charge is 0.250 e. The van der Waals surface area contributed by atoms with E-state index in [0.717, 1.165) is 11.1 Å². The monoisotopic (exact) mass is 165 g/mol. The third-order valence-electron chi connectivity index (χ3n) is 1.84. The normalized spacial score (nSPS) is 10.9. The Hall–Kier alpha value is -1.45. The van der Waals surface area contributed by atoms with Gasteiger partial charge in [-0.2, -0.15) is 14.5 Å². The molecule has 0 N–H and O–H groups in total. The van der Waals surface area contributed by atoms with Gasteiger partial charge in [0.25, 0.3) is 0 Å². The van der Waals surface area contributed by atoms with Crippen LogP contribution in [0.3, 0.4) is 0 Å². The van der Waals surface area contributed by atoms with Gasteiger partial charge in [-0.15, -0.1) is 0 Å². The van der Waals surface area contributed by atoms with E-state index in [2.05, 4.69) is 10.1 Å². The minimum atomic E-state index is -0.467. The first kappa shape index (κ1) is 7.21. The predicted molar refractivity (Wildman–Crippen MR) is 43.2 cm³/mol. The number of fused-ring (bicyclic) bond motifs is 1. The first-order chi connectivity index (χ1) is 5.68. The van der Waals surface area contributed by atoms with Crippen LogP contribution in [0, 0.1) is 12.9 Å². The van der Waals surface area contributed by atoms with E-state index in [1.807, 2.05) is 6.92 Å². The summed E-state index contributed by atoms with van der Waals surface area (Å²) < 4.78 is 14.3. The molecule has 0 radical (unpaired) electrons. The average molecular weight is 165 g/mol. The van der Waals surface area contributed by atoms with Crippen LogP contribution >= 0.6 is 0 Å². The van der Waals surface area contributed by atoms with Crippen molar-refractivity contribution in [2.75, 3.05) is 0 Å². The second kappa shape index (κ2) is 2.27. The second-order valence-corrected chi connectivity index (χ2v) is 2.71. The lowest BCUT2D eigenvalue weighted by Crippen LogP contribution is -1.92. The van der Waals surface area contributed by atoms with E-state index in [9.17, 15) is 4.39 Å². The maximum absolute atomic E-state index is 12.7. The molecule has 0 aliphatic heterocycles. The highest BCUT2D eigenvalue weighted by Crippen LogP contribution is 2.14. The van der Waals surface area contributed by atoms with Gasteiger partial charge in [0.05, 0.1) is 5.69 Å². The van der Waals surface area contributed by atoms with E-state index in [4.69, 9.17) is 0 Å². The maximum Gasteiger partial charge on any atom is 0.214 e. The Morgan fingerprint density at radius 3 is 2.92 bits per heavy atom. The molecule has 0 aliphatic rings. The lowest BCUT2D eigenvalue weighted by Gasteiger charge is -1.91. The fourth-order valence-electron chi connectivity index (χ4n) is 1.28. The van der Waals surface area contributed by atoms with Crippen LogP contribution in [-0.4, -0.2) is 14.8 Å². The molecule has 4 heteroatoms. The number of hydrogen-bond acceptors (Lipinski definition) is 2. The molecule has 12 heavy (non-hydrogen) atoms. The Kier molecular flexibility index (Phi) is 1.36. The molecule has 0 bridgehead atoms. The summed E-state index contributed by atoms with van der Waals surface area (Å²) >= 11 is 0. The van der Waals surface area contributed by atoms with Crippen LogP contribution in [0.15, 0.2) is 12.1 Å². The molecule has 2 aromatic heterocycles. The zero-order valence-electron chi connectivity index (χ0n) is 6.87. The van der Waals surface area contributed by atoms with Crippen molar-refractivity contribution < 1.29 is 4.39 Å². The van der Waals surface area contributed by atoms with Gasteiger partial charge in [-0.3, -0.25) is 4.68 Å². The molecule has 2 aromatic rings. The van der Waals surface area contributed by atoms with Gasteiger partial charge in [-0.25, -0.2) is 0 Å². The second-order valence-electron chi connectivity index (χ2n) is 2.71. The third kappa shape index (κ3) is 0.879. The summed E-state index contributed by atoms with van der Waals surface area (Å²) in [5.74, 6) is -0.467. The number of nitrogens with zero attached hydrogens (tertiary/aromatic N) is 3. The van der Waals surface area contributed by atoms with E-state index < -0.39 is 5.95 Å². The van der Waals surface area contributed by atoms with Crippen molar-refractivity contribution in [3.63, 3.8) is 0 Å². The number of aromatic nitrogens is 3. The molecular weight excluding hydrogens is 157 g/mol. The fraction of sp³-hybridized carbons (Fsp3) is 0.250. The van der Waals surface area contributed by atoms with Gasteiger partial charge < -0.3 is 0 Å². The molecule has 0 spiro atoms. The standard InChI is InChI=1S/C8H8FN3/c1-5-6-3-4-7(9)10-8(6)12(2)11-5/h3-4H,1-2H3. The van der Waals surface area contributed by atoms with Crippen LogP contribution < -0.4 is 0 Å². The Balaban J connectivity index is 2.90. The van der Waals surface area contributed by atoms with Gasteiger partial charge in [0, 0.05) is 12.4 Å². The van der Waals surface area contributed by atoms with Crippen molar-refractivity contribution in [3.8, 4) is 0 Å². The van der Waals surface area contributed by atoms with Crippen LogP contribution in [0.4, 0.5) is 4.39 Å². The van der Waals surface area contributed by atoms with E-state index >= 15 is 0 Å². The molecule has 3 nitrogen and oxygen atoms in total. The van der Waals surface area contributed by atoms with E-state index in [1.54, 1.807) is 17.8 Å². The van der Waals surface area contributed by atoms with E-state index in [1.165, 1.54) is 6.07 Å². The number of aryl methyl sites for hydroxylation is 2. The summed E-state index contributed by atoms with van der Waals surface area (Å²) in [4.78, 5) is 3.73. The minimum absolute atomic E-state index is 0.467. The quantitative estimate of drug-likeness (QED) is 0.552. The molecule has 0 atom stereocenters. The Morgan fingerprint density at radius 2 is 2.17 bits per heavy atom. The average Bonchev–Trinajstić information content (AvgIpc) is 2.28. The van der Waals surface area contributed by atoms with Crippen LogP contribution in [0.1, 0.15) is 5.69 Å². The highest BCUT2D eigenvalue weighted by Gasteiger charge is 2.05. The lowest BCUT2D eigenvalue weighted by molar-refractivity contribution is 0.585. The van der Waals surface area contributed by atoms with Crippen LogP contribution in [0.2, 0.25) is 0 Å². The zero-order chi connectivity index (χ0) is 8.72. The Labute approximate surface area is 68.8 Å². The van der Waals surface area contributed by atoms with Gasteiger partial charge in [0.2, 0.25) is 5.95 Å². The molecule has 0 amide bonds. The van der Waals surface area contributed by atoms with Crippen molar-refractivity contribution >= 4 is 11.0 Å². The molecule has 2 rings (SSSR count). The number of pyridine rings is 1. The molecule has 62 valence electrons. The summed E-state index contributed by atoms with van der Waals surface area (Å²) in [7, 11) is 1.75. The summed E-state index contributed by atoms with van der Waals surface area (Å²) in [6.07, 6.45) is 0. The summed E-state index contributed by atoms with van der Waals surface area (Å²) in [5.41, 5.74) is 1.47. The number of halogens is 1. The van der Waals surface area contributed by atoms with Gasteiger partial charge in [0.15, 0.2) is 5.65 Å². The van der Waals surface area contributed by atoms with Crippen molar-refractivity contribution in [1.82, 2.24) is 14.8 Å². The molecule has 0 aliphatic carbocycles. The molecule has 2 heterocycles. The van der Waals surface area contributed by atoms with Gasteiger partial charge in [-0.05, 0) is 19.1 Å². The van der Waals surface area contributed by atoms with Crippen molar-refractivity contribution in [2.45, 2.75) is 6.92 Å². The lowest BCUT2D eigenvalue weighted by atomic mass is 10.3. The van der Waals surface area contributed by atoms with Crippen molar-refractivity contribution in [2.24, 2.45) is 7.05 Å². The first-order valence-corrected chi connectivity index (χ1v) is 3.64. The van der Waals surface area contributed by atoms with Gasteiger partial charge in [0.1, 0.15) is 0 Å². The molecule has 0 saturated carbocycles. The molecule has 0 fully saturated rings. The zero-order valence-corrected chi connectivity index (χ0v) is 6.87. The summed E-state index contributed by atoms with van der Waals surface area (Å²) in [6, 6.07) is 3.04. The molecule has 0 saturated heterocycles. The Bertz CT molecular complexity index is 433. The van der Waals surface area contributed by atoms with Crippen LogP contribution in [0.5, 0.6) is 0 Å².